The summed E-state index contributed by atoms with van der Waals surface area (Å²) in [5, 5.41) is 6.19. The topological polar surface area (TPSA) is 41.1 Å². The van der Waals surface area contributed by atoms with E-state index in [1.54, 1.807) is 7.05 Å². The maximum Gasteiger partial charge on any atom is 0.226 e. The van der Waals surface area contributed by atoms with Gasteiger partial charge in [0, 0.05) is 13.6 Å². The first-order chi connectivity index (χ1) is 7.95. The number of carbonyl (C=O) groups excluding carboxylic acids is 1. The van der Waals surface area contributed by atoms with E-state index in [0.29, 0.717) is 0 Å². The zero-order valence-corrected chi connectivity index (χ0v) is 11.8. The second-order valence-corrected chi connectivity index (χ2v) is 6.23. The van der Waals surface area contributed by atoms with Crippen LogP contribution in [-0.4, -0.2) is 26.0 Å². The van der Waals surface area contributed by atoms with Crippen molar-refractivity contribution in [1.29, 1.82) is 0 Å². The van der Waals surface area contributed by atoms with Gasteiger partial charge in [-0.15, -0.1) is 0 Å². The summed E-state index contributed by atoms with van der Waals surface area (Å²) in [6.45, 7) is 8.15. The summed E-state index contributed by atoms with van der Waals surface area (Å²) < 4.78 is 0. The zero-order valence-electron chi connectivity index (χ0n) is 11.8. The van der Waals surface area contributed by atoms with E-state index < -0.39 is 0 Å². The molecular weight excluding hydrogens is 212 g/mol. The van der Waals surface area contributed by atoms with Crippen LogP contribution in [0.4, 0.5) is 0 Å². The Labute approximate surface area is 106 Å². The lowest BCUT2D eigenvalue weighted by Crippen LogP contribution is -2.43. The number of nitrogens with one attached hydrogen (secondary N) is 2. The molecule has 0 heterocycles. The maximum absolute atomic E-state index is 11.6. The first kappa shape index (κ1) is 14.5. The van der Waals surface area contributed by atoms with Gasteiger partial charge in [0.05, 0.1) is 5.41 Å². The molecule has 0 aromatic carbocycles. The van der Waals surface area contributed by atoms with Crippen LogP contribution < -0.4 is 10.6 Å². The van der Waals surface area contributed by atoms with E-state index in [4.69, 9.17) is 0 Å². The molecule has 0 aromatic rings. The molecule has 1 aliphatic carbocycles. The predicted octanol–water partition coefficient (Wildman–Crippen LogP) is 2.17. The summed E-state index contributed by atoms with van der Waals surface area (Å²) in [4.78, 5) is 11.6. The molecule has 1 aliphatic rings. The molecular formula is C14H28N2O. The van der Waals surface area contributed by atoms with Crippen LogP contribution in [0.2, 0.25) is 0 Å². The Hall–Kier alpha value is -0.570. The van der Waals surface area contributed by atoms with Gasteiger partial charge in [0.15, 0.2) is 0 Å². The van der Waals surface area contributed by atoms with Crippen LogP contribution in [0, 0.1) is 17.3 Å². The van der Waals surface area contributed by atoms with Gasteiger partial charge in [-0.3, -0.25) is 4.79 Å². The predicted molar refractivity (Wildman–Crippen MR) is 71.8 cm³/mol. The average molecular weight is 240 g/mol. The quantitative estimate of drug-likeness (QED) is 0.773. The largest absolute Gasteiger partial charge is 0.359 e. The van der Waals surface area contributed by atoms with E-state index in [0.717, 1.165) is 24.9 Å². The zero-order chi connectivity index (χ0) is 12.9. The Balaban J connectivity index is 2.25. The van der Waals surface area contributed by atoms with E-state index in [1.807, 2.05) is 13.8 Å². The van der Waals surface area contributed by atoms with Gasteiger partial charge < -0.3 is 10.6 Å². The first-order valence-corrected chi connectivity index (χ1v) is 6.88. The monoisotopic (exact) mass is 240 g/mol. The molecule has 1 amide bonds. The van der Waals surface area contributed by atoms with E-state index in [2.05, 4.69) is 17.6 Å². The number of hydrogen-bond acceptors (Lipinski definition) is 2. The number of rotatable bonds is 5. The Morgan fingerprint density at radius 2 is 2.06 bits per heavy atom. The van der Waals surface area contributed by atoms with Gasteiger partial charge in [-0.25, -0.2) is 0 Å². The molecule has 0 unspecified atom stereocenters. The lowest BCUT2D eigenvalue weighted by Gasteiger charge is -2.29. The molecule has 1 fully saturated rings. The van der Waals surface area contributed by atoms with Crippen molar-refractivity contribution in [3.05, 3.63) is 0 Å². The third-order valence-corrected chi connectivity index (χ3v) is 3.89. The molecule has 3 heteroatoms. The van der Waals surface area contributed by atoms with Gasteiger partial charge in [0.1, 0.15) is 0 Å². The van der Waals surface area contributed by atoms with Crippen molar-refractivity contribution in [1.82, 2.24) is 10.6 Å². The van der Waals surface area contributed by atoms with Crippen LogP contribution in [0.5, 0.6) is 0 Å². The van der Waals surface area contributed by atoms with Gasteiger partial charge in [-0.1, -0.05) is 19.8 Å². The molecule has 0 radical (unpaired) electrons. The minimum atomic E-state index is -0.310. The van der Waals surface area contributed by atoms with Crippen LogP contribution in [0.15, 0.2) is 0 Å². The molecule has 100 valence electrons. The van der Waals surface area contributed by atoms with Crippen LogP contribution in [0.25, 0.3) is 0 Å². The van der Waals surface area contributed by atoms with Crippen molar-refractivity contribution in [2.45, 2.75) is 46.5 Å². The summed E-state index contributed by atoms with van der Waals surface area (Å²) in [5.74, 6) is 1.80. The third-order valence-electron chi connectivity index (χ3n) is 3.89. The van der Waals surface area contributed by atoms with Crippen molar-refractivity contribution >= 4 is 5.91 Å². The Morgan fingerprint density at radius 3 is 2.65 bits per heavy atom. The Kier molecular flexibility index (Phi) is 5.44. The van der Waals surface area contributed by atoms with Crippen LogP contribution in [0.3, 0.4) is 0 Å². The van der Waals surface area contributed by atoms with Gasteiger partial charge in [-0.2, -0.15) is 0 Å². The molecule has 3 nitrogen and oxygen atoms in total. The van der Waals surface area contributed by atoms with Crippen LogP contribution in [-0.2, 0) is 4.79 Å². The third kappa shape index (κ3) is 4.66. The molecule has 0 aromatic heterocycles. The lowest BCUT2D eigenvalue weighted by atomic mass is 9.82. The lowest BCUT2D eigenvalue weighted by molar-refractivity contribution is -0.128. The standard InChI is InChI=1S/C14H28N2O/c1-11-6-5-7-12(8-11)9-16-10-14(2,3)13(17)15-4/h11-12,16H,5-10H2,1-4H3,(H,15,17)/t11-,12+/m1/s1. The van der Waals surface area contributed by atoms with E-state index in [-0.39, 0.29) is 11.3 Å². The van der Waals surface area contributed by atoms with Gasteiger partial charge in [0.2, 0.25) is 5.91 Å². The van der Waals surface area contributed by atoms with Crippen molar-refractivity contribution in [3.8, 4) is 0 Å². The highest BCUT2D eigenvalue weighted by Crippen LogP contribution is 2.28. The fourth-order valence-corrected chi connectivity index (χ4v) is 2.75. The Bertz CT molecular complexity index is 251. The van der Waals surface area contributed by atoms with E-state index in [1.165, 1.54) is 25.7 Å². The minimum absolute atomic E-state index is 0.113. The van der Waals surface area contributed by atoms with Crippen molar-refractivity contribution < 1.29 is 4.79 Å². The molecule has 0 saturated heterocycles. The molecule has 1 rings (SSSR count). The van der Waals surface area contributed by atoms with Gasteiger partial charge >= 0.3 is 0 Å². The fourth-order valence-electron chi connectivity index (χ4n) is 2.75. The highest BCUT2D eigenvalue weighted by atomic mass is 16.2. The molecule has 2 atom stereocenters. The summed E-state index contributed by atoms with van der Waals surface area (Å²) in [7, 11) is 1.70. The summed E-state index contributed by atoms with van der Waals surface area (Å²) in [6, 6.07) is 0. The number of carbonyl (C=O) groups is 1. The molecule has 2 N–H and O–H groups in total. The SMILES string of the molecule is CNC(=O)C(C)(C)CNC[C@H]1CCC[C@@H](C)C1. The van der Waals surface area contributed by atoms with Crippen LogP contribution in [0.1, 0.15) is 46.5 Å². The first-order valence-electron chi connectivity index (χ1n) is 6.88. The summed E-state index contributed by atoms with van der Waals surface area (Å²) >= 11 is 0. The summed E-state index contributed by atoms with van der Waals surface area (Å²) in [6.07, 6.45) is 5.44. The normalized spacial score (nSPS) is 25.6. The maximum atomic E-state index is 11.6. The van der Waals surface area contributed by atoms with Crippen molar-refractivity contribution in [3.63, 3.8) is 0 Å². The highest BCUT2D eigenvalue weighted by Gasteiger charge is 2.26. The van der Waals surface area contributed by atoms with Crippen molar-refractivity contribution in [2.24, 2.45) is 17.3 Å². The van der Waals surface area contributed by atoms with Crippen LogP contribution >= 0.6 is 0 Å². The Morgan fingerprint density at radius 1 is 1.35 bits per heavy atom. The average Bonchev–Trinajstić information content (AvgIpc) is 2.27. The van der Waals surface area contributed by atoms with E-state index >= 15 is 0 Å². The summed E-state index contributed by atoms with van der Waals surface area (Å²) in [5.41, 5.74) is -0.310. The van der Waals surface area contributed by atoms with Crippen molar-refractivity contribution in [2.75, 3.05) is 20.1 Å². The molecule has 1 saturated carbocycles. The number of amides is 1. The molecule has 0 aliphatic heterocycles. The minimum Gasteiger partial charge on any atom is -0.359 e. The fraction of sp³-hybridized carbons (Fsp3) is 0.929. The second kappa shape index (κ2) is 6.39. The van der Waals surface area contributed by atoms with Gasteiger partial charge in [0.25, 0.3) is 0 Å². The highest BCUT2D eigenvalue weighted by molar-refractivity contribution is 5.81. The molecule has 17 heavy (non-hydrogen) atoms. The van der Waals surface area contributed by atoms with E-state index in [9.17, 15) is 4.79 Å². The smallest absolute Gasteiger partial charge is 0.226 e. The molecule has 0 bridgehead atoms. The number of hydrogen-bond donors (Lipinski definition) is 2. The molecule has 0 spiro atoms. The van der Waals surface area contributed by atoms with Gasteiger partial charge in [-0.05, 0) is 45.1 Å². The second-order valence-electron chi connectivity index (χ2n) is 6.23.